The molecule has 1 aliphatic rings. The molecule has 0 spiro atoms. The number of pyridine rings is 3. The number of aromatic nitrogens is 3. The van der Waals surface area contributed by atoms with Gasteiger partial charge in [0.15, 0.2) is 0 Å². The lowest BCUT2D eigenvalue weighted by Gasteiger charge is -2.07. The van der Waals surface area contributed by atoms with E-state index in [0.29, 0.717) is 5.15 Å². The molecular formula is C17H11ClN4. The van der Waals surface area contributed by atoms with Crippen molar-refractivity contribution in [3.8, 4) is 0 Å². The van der Waals surface area contributed by atoms with E-state index in [1.807, 2.05) is 42.9 Å². The number of hydrogen-bond acceptors (Lipinski definition) is 4. The normalized spacial score (nSPS) is 14.0. The monoisotopic (exact) mass is 306 g/mol. The first-order chi connectivity index (χ1) is 10.8. The summed E-state index contributed by atoms with van der Waals surface area (Å²) < 4.78 is 0. The van der Waals surface area contributed by atoms with E-state index in [0.717, 1.165) is 39.9 Å². The highest BCUT2D eigenvalue weighted by Crippen LogP contribution is 2.33. The molecule has 0 unspecified atom stereocenters. The molecule has 0 radical (unpaired) electrons. The number of fused-ring (bicyclic) bond motifs is 1. The minimum absolute atomic E-state index is 0.468. The largest absolute Gasteiger partial charge is 0.264 e. The van der Waals surface area contributed by atoms with Gasteiger partial charge in [0.25, 0.3) is 0 Å². The van der Waals surface area contributed by atoms with Crippen molar-refractivity contribution in [2.75, 3.05) is 0 Å². The molecule has 22 heavy (non-hydrogen) atoms. The number of rotatable bonds is 2. The Balaban J connectivity index is 1.87. The second-order valence-electron chi connectivity index (χ2n) is 4.98. The molecule has 0 aliphatic carbocycles. The van der Waals surface area contributed by atoms with Crippen molar-refractivity contribution in [1.29, 1.82) is 0 Å². The maximum atomic E-state index is 5.97. The molecule has 5 heteroatoms. The van der Waals surface area contributed by atoms with Gasteiger partial charge in [0.1, 0.15) is 5.15 Å². The van der Waals surface area contributed by atoms with E-state index in [2.05, 4.69) is 19.9 Å². The molecule has 0 saturated carbocycles. The zero-order valence-electron chi connectivity index (χ0n) is 11.6. The van der Waals surface area contributed by atoms with Gasteiger partial charge in [-0.25, -0.2) is 4.98 Å². The van der Waals surface area contributed by atoms with E-state index in [1.165, 1.54) is 0 Å². The molecule has 1 aliphatic heterocycles. The van der Waals surface area contributed by atoms with Crippen LogP contribution in [0.1, 0.15) is 17.5 Å². The summed E-state index contributed by atoms with van der Waals surface area (Å²) >= 11 is 5.97. The Morgan fingerprint density at radius 2 is 1.95 bits per heavy atom. The molecule has 3 aromatic heterocycles. The van der Waals surface area contributed by atoms with Gasteiger partial charge in [0.05, 0.1) is 16.7 Å². The minimum atomic E-state index is 0.468. The molecule has 4 heterocycles. The first-order valence-corrected chi connectivity index (χ1v) is 7.28. The van der Waals surface area contributed by atoms with Gasteiger partial charge in [-0.3, -0.25) is 15.0 Å². The zero-order chi connectivity index (χ0) is 14.9. The highest BCUT2D eigenvalue weighted by atomic mass is 35.5. The average Bonchev–Trinajstić information content (AvgIpc) is 3.04. The summed E-state index contributed by atoms with van der Waals surface area (Å²) in [7, 11) is 0. The highest BCUT2D eigenvalue weighted by Gasteiger charge is 2.15. The van der Waals surface area contributed by atoms with Crippen LogP contribution in [-0.4, -0.2) is 21.2 Å². The molecule has 3 aromatic rings. The third-order valence-corrected chi connectivity index (χ3v) is 3.80. The summed E-state index contributed by atoms with van der Waals surface area (Å²) in [5.74, 6) is 0. The van der Waals surface area contributed by atoms with Gasteiger partial charge in [-0.05, 0) is 35.9 Å². The van der Waals surface area contributed by atoms with E-state index in [-0.39, 0.29) is 0 Å². The number of hydrogen-bond donors (Lipinski definition) is 0. The van der Waals surface area contributed by atoms with E-state index < -0.39 is 0 Å². The molecule has 4 rings (SSSR count). The van der Waals surface area contributed by atoms with Gasteiger partial charge in [-0.1, -0.05) is 11.6 Å². The fraction of sp³-hybridized carbons (Fsp3) is 0.0588. The summed E-state index contributed by atoms with van der Waals surface area (Å²) in [6, 6.07) is 9.54. The lowest BCUT2D eigenvalue weighted by atomic mass is 10.0. The molecule has 0 aromatic carbocycles. The second kappa shape index (κ2) is 5.31. The van der Waals surface area contributed by atoms with Crippen molar-refractivity contribution in [3.63, 3.8) is 0 Å². The van der Waals surface area contributed by atoms with Crippen molar-refractivity contribution >= 4 is 40.1 Å². The Labute approximate surface area is 132 Å². The van der Waals surface area contributed by atoms with Gasteiger partial charge in [0.2, 0.25) is 0 Å². The smallest absolute Gasteiger partial charge is 0.129 e. The van der Waals surface area contributed by atoms with Crippen LogP contribution in [0.15, 0.2) is 53.9 Å². The van der Waals surface area contributed by atoms with E-state index in [4.69, 9.17) is 11.6 Å². The van der Waals surface area contributed by atoms with E-state index in [9.17, 15) is 0 Å². The average molecular weight is 307 g/mol. The molecule has 4 nitrogen and oxygen atoms in total. The van der Waals surface area contributed by atoms with Gasteiger partial charge < -0.3 is 0 Å². The summed E-state index contributed by atoms with van der Waals surface area (Å²) in [5.41, 5.74) is 5.70. The fourth-order valence-electron chi connectivity index (χ4n) is 2.56. The number of aliphatic imine (C=N–C) groups is 1. The van der Waals surface area contributed by atoms with Gasteiger partial charge in [-0.2, -0.15) is 0 Å². The van der Waals surface area contributed by atoms with Crippen LogP contribution in [0.25, 0.3) is 22.3 Å². The zero-order valence-corrected chi connectivity index (χ0v) is 12.3. The summed E-state index contributed by atoms with van der Waals surface area (Å²) in [5, 5.41) is 0.468. The number of allylic oxidation sites excluding steroid dienone is 1. The Morgan fingerprint density at radius 1 is 1.00 bits per heavy atom. The van der Waals surface area contributed by atoms with Crippen LogP contribution in [0.5, 0.6) is 0 Å². The van der Waals surface area contributed by atoms with Crippen LogP contribution in [0.3, 0.4) is 0 Å². The van der Waals surface area contributed by atoms with Crippen molar-refractivity contribution in [1.82, 2.24) is 15.0 Å². The highest BCUT2D eigenvalue weighted by molar-refractivity contribution is 6.29. The Morgan fingerprint density at radius 3 is 2.82 bits per heavy atom. The van der Waals surface area contributed by atoms with Gasteiger partial charge in [0, 0.05) is 42.4 Å². The molecule has 0 saturated heterocycles. The van der Waals surface area contributed by atoms with Crippen molar-refractivity contribution < 1.29 is 0 Å². The van der Waals surface area contributed by atoms with Crippen LogP contribution in [-0.2, 0) is 0 Å². The maximum Gasteiger partial charge on any atom is 0.129 e. The van der Waals surface area contributed by atoms with E-state index in [1.54, 1.807) is 12.3 Å². The van der Waals surface area contributed by atoms with Crippen molar-refractivity contribution in [3.05, 3.63) is 65.2 Å². The molecule has 106 valence electrons. The number of nitrogens with zero attached hydrogens (tertiary/aromatic N) is 4. The molecule has 0 bridgehead atoms. The fourth-order valence-corrected chi connectivity index (χ4v) is 2.71. The van der Waals surface area contributed by atoms with Crippen LogP contribution in [0, 0.1) is 0 Å². The molecule has 0 N–H and O–H groups in total. The third kappa shape index (κ3) is 2.27. The first kappa shape index (κ1) is 13.1. The van der Waals surface area contributed by atoms with Crippen LogP contribution in [0.4, 0.5) is 0 Å². The second-order valence-corrected chi connectivity index (χ2v) is 5.37. The molecule has 0 fully saturated rings. The predicted molar refractivity (Wildman–Crippen MR) is 88.7 cm³/mol. The Bertz CT molecular complexity index is 916. The summed E-state index contributed by atoms with van der Waals surface area (Å²) in [6.07, 6.45) is 8.12. The third-order valence-electron chi connectivity index (χ3n) is 3.59. The molecule has 0 amide bonds. The SMILES string of the molecule is Clc1ccc2ncc(C3=C(c4cccnc4)N=CC3)cc2n1. The standard InChI is InChI=1S/C17H11ClN4/c18-16-4-3-14-15(22-16)8-12(10-21-14)13-5-7-20-17(13)11-2-1-6-19-9-11/h1-4,6-10H,5H2. The summed E-state index contributed by atoms with van der Waals surface area (Å²) in [6.45, 7) is 0. The van der Waals surface area contributed by atoms with Crippen molar-refractivity contribution in [2.45, 2.75) is 6.42 Å². The van der Waals surface area contributed by atoms with Crippen molar-refractivity contribution in [2.24, 2.45) is 4.99 Å². The van der Waals surface area contributed by atoms with Gasteiger partial charge in [-0.15, -0.1) is 0 Å². The topological polar surface area (TPSA) is 51.0 Å². The molecular weight excluding hydrogens is 296 g/mol. The van der Waals surface area contributed by atoms with Crippen LogP contribution >= 0.6 is 11.6 Å². The predicted octanol–water partition coefficient (Wildman–Crippen LogP) is 4.02. The van der Waals surface area contributed by atoms with E-state index >= 15 is 0 Å². The molecule has 0 atom stereocenters. The number of halogens is 1. The summed E-state index contributed by atoms with van der Waals surface area (Å²) in [4.78, 5) is 17.5. The van der Waals surface area contributed by atoms with Gasteiger partial charge >= 0.3 is 0 Å². The maximum absolute atomic E-state index is 5.97. The Kier molecular flexibility index (Phi) is 3.16. The lowest BCUT2D eigenvalue weighted by Crippen LogP contribution is -1.91. The minimum Gasteiger partial charge on any atom is -0.264 e. The first-order valence-electron chi connectivity index (χ1n) is 6.90. The quantitative estimate of drug-likeness (QED) is 0.672. The Hall–Kier alpha value is -2.59. The lowest BCUT2D eigenvalue weighted by molar-refractivity contribution is 1.30. The van der Waals surface area contributed by atoms with Crippen LogP contribution in [0.2, 0.25) is 5.15 Å². The van der Waals surface area contributed by atoms with Crippen LogP contribution < -0.4 is 0 Å².